The maximum absolute atomic E-state index is 14.8. The summed E-state index contributed by atoms with van der Waals surface area (Å²) in [6.45, 7) is 7.69. The number of amides is 1. The summed E-state index contributed by atoms with van der Waals surface area (Å²) in [5.74, 6) is 0.236. The molecule has 3 heterocycles. The van der Waals surface area contributed by atoms with Gasteiger partial charge in [-0.3, -0.25) is 9.35 Å². The lowest BCUT2D eigenvalue weighted by Gasteiger charge is -2.12. The van der Waals surface area contributed by atoms with Crippen molar-refractivity contribution in [3.63, 3.8) is 0 Å². The maximum atomic E-state index is 14.8. The molecule has 2 N–H and O–H groups in total. The van der Waals surface area contributed by atoms with Gasteiger partial charge in [0.2, 0.25) is 0 Å². The smallest absolute Gasteiger partial charge is 0.294 e. The zero-order chi connectivity index (χ0) is 31.6. The minimum atomic E-state index is -4.02. The molecule has 13 heteroatoms. The zero-order valence-corrected chi connectivity index (χ0v) is 25.5. The van der Waals surface area contributed by atoms with Crippen LogP contribution in [-0.4, -0.2) is 48.2 Å². The Hall–Kier alpha value is -4.75. The summed E-state index contributed by atoms with van der Waals surface area (Å²) >= 11 is 0. The van der Waals surface area contributed by atoms with E-state index in [1.54, 1.807) is 49.1 Å². The van der Waals surface area contributed by atoms with Crippen LogP contribution in [0.15, 0.2) is 78.3 Å². The number of rotatable bonds is 7. The molecule has 0 atom stereocenters. The molecule has 44 heavy (non-hydrogen) atoms. The van der Waals surface area contributed by atoms with Crippen LogP contribution in [0.4, 0.5) is 10.2 Å². The molecule has 6 rings (SSSR count). The Kier molecular flexibility index (Phi) is 8.70. The second kappa shape index (κ2) is 12.5. The van der Waals surface area contributed by atoms with Crippen molar-refractivity contribution in [2.24, 2.45) is 0 Å². The lowest BCUT2D eigenvalue weighted by molar-refractivity contribution is 0.102. The number of hydrogen-bond donors (Lipinski definition) is 2. The van der Waals surface area contributed by atoms with E-state index in [1.165, 1.54) is 18.2 Å². The monoisotopic (exact) mass is 617 g/mol. The van der Waals surface area contributed by atoms with Crippen LogP contribution in [0.25, 0.3) is 17.2 Å². The molecular weight excluding hydrogens is 585 g/mol. The van der Waals surface area contributed by atoms with Gasteiger partial charge in [-0.05, 0) is 82.5 Å². The molecule has 1 aliphatic carbocycles. The Bertz CT molecular complexity index is 1910. The molecule has 1 amide bonds. The molecule has 0 bridgehead atoms. The highest BCUT2D eigenvalue weighted by Crippen LogP contribution is 2.39. The summed E-state index contributed by atoms with van der Waals surface area (Å²) in [7, 11) is -4.02. The van der Waals surface area contributed by atoms with Crippen LogP contribution in [-0.2, 0) is 10.1 Å². The number of benzene rings is 2. The number of aryl methyl sites for hydroxylation is 2. The first kappa shape index (κ1) is 30.7. The zero-order valence-electron chi connectivity index (χ0n) is 24.6. The number of anilines is 1. The van der Waals surface area contributed by atoms with Crippen molar-refractivity contribution in [2.75, 3.05) is 5.32 Å². The average Bonchev–Trinajstić information content (AvgIpc) is 3.48. The van der Waals surface area contributed by atoms with Gasteiger partial charge in [-0.25, -0.2) is 14.4 Å². The molecule has 0 aliphatic heterocycles. The van der Waals surface area contributed by atoms with E-state index in [0.29, 0.717) is 28.9 Å². The molecule has 1 fully saturated rings. The van der Waals surface area contributed by atoms with Gasteiger partial charge in [0, 0.05) is 18.2 Å². The molecule has 0 radical (unpaired) electrons. The number of carbonyl (C=O) groups excluding carboxylic acids is 1. The van der Waals surface area contributed by atoms with E-state index in [2.05, 4.69) is 25.5 Å². The number of pyridine rings is 1. The molecular formula is C31H32FN7O4S. The molecule has 1 saturated carbocycles. The van der Waals surface area contributed by atoms with Gasteiger partial charge >= 0.3 is 0 Å². The Morgan fingerprint density at radius 2 is 1.80 bits per heavy atom. The van der Waals surface area contributed by atoms with E-state index in [9.17, 15) is 17.6 Å². The third-order valence-electron chi connectivity index (χ3n) is 7.07. The molecule has 1 aliphatic rings. The topological polar surface area (TPSA) is 145 Å². The lowest BCUT2D eigenvalue weighted by Crippen LogP contribution is -2.16. The van der Waals surface area contributed by atoms with Crippen LogP contribution in [0.2, 0.25) is 0 Å². The van der Waals surface area contributed by atoms with Gasteiger partial charge in [0.25, 0.3) is 16.0 Å². The number of hydrogen-bond acceptors (Lipinski definition) is 7. The summed E-state index contributed by atoms with van der Waals surface area (Å²) in [4.78, 5) is 21.9. The quantitative estimate of drug-likeness (QED) is 0.214. The fourth-order valence-electron chi connectivity index (χ4n) is 4.50. The summed E-state index contributed by atoms with van der Waals surface area (Å²) in [5.41, 5.74) is 3.92. The van der Waals surface area contributed by atoms with Crippen LogP contribution >= 0.6 is 0 Å². The number of imidazole rings is 1. The summed E-state index contributed by atoms with van der Waals surface area (Å²) in [5, 5.41) is 10.8. The minimum Gasteiger partial charge on any atom is -0.310 e. The molecule has 0 saturated heterocycles. The van der Waals surface area contributed by atoms with Crippen molar-refractivity contribution in [1.82, 2.24) is 29.3 Å². The van der Waals surface area contributed by atoms with E-state index >= 15 is 0 Å². The first-order valence-corrected chi connectivity index (χ1v) is 15.4. The standard InChI is InChI=1S/C24H24FN7O.C7H8O3S/c1-14(2)32-13-27-30-23(32)19-5-4-6-22(28-19)29-24(33)17-10-21(15(3)9-18(17)25)31-11-20(26-12-31)16-7-8-16;1-6-2-4-7(5-3-6)11(8,9)10/h4-6,9-14,16H,7-8H2,1-3H3,(H,28,29,33);2-5H,1H3,(H,8,9,10). The number of aromatic nitrogens is 6. The van der Waals surface area contributed by atoms with Crippen molar-refractivity contribution in [3.8, 4) is 17.2 Å². The third-order valence-corrected chi connectivity index (χ3v) is 7.94. The van der Waals surface area contributed by atoms with Gasteiger partial charge in [0.1, 0.15) is 23.7 Å². The highest BCUT2D eigenvalue weighted by molar-refractivity contribution is 7.85. The van der Waals surface area contributed by atoms with Crippen molar-refractivity contribution in [1.29, 1.82) is 0 Å². The predicted octanol–water partition coefficient (Wildman–Crippen LogP) is 5.93. The van der Waals surface area contributed by atoms with E-state index < -0.39 is 21.8 Å². The van der Waals surface area contributed by atoms with Gasteiger partial charge in [0.15, 0.2) is 5.82 Å². The normalized spacial score (nSPS) is 13.0. The summed E-state index contributed by atoms with van der Waals surface area (Å²) in [6, 6.07) is 14.3. The molecule has 0 unspecified atom stereocenters. The fourth-order valence-corrected chi connectivity index (χ4v) is 4.98. The van der Waals surface area contributed by atoms with Gasteiger partial charge in [-0.1, -0.05) is 23.8 Å². The Balaban J connectivity index is 0.000000296. The second-order valence-corrected chi connectivity index (χ2v) is 12.3. The van der Waals surface area contributed by atoms with E-state index in [-0.39, 0.29) is 16.5 Å². The van der Waals surface area contributed by atoms with Crippen molar-refractivity contribution in [2.45, 2.75) is 57.4 Å². The molecule has 3 aromatic heterocycles. The van der Waals surface area contributed by atoms with Crippen LogP contribution in [0.3, 0.4) is 0 Å². The van der Waals surface area contributed by atoms with Crippen LogP contribution in [0.1, 0.15) is 65.8 Å². The number of nitrogens with one attached hydrogen (secondary N) is 1. The van der Waals surface area contributed by atoms with Crippen molar-refractivity contribution < 1.29 is 22.2 Å². The Morgan fingerprint density at radius 3 is 2.45 bits per heavy atom. The SMILES string of the molecule is Cc1cc(F)c(C(=O)Nc2cccc(-c3nncn3C(C)C)n2)cc1-n1cnc(C2CC2)c1.Cc1ccc(S(=O)(=O)O)cc1. The average molecular weight is 618 g/mol. The third kappa shape index (κ3) is 7.06. The highest BCUT2D eigenvalue weighted by atomic mass is 32.2. The van der Waals surface area contributed by atoms with E-state index in [0.717, 1.165) is 29.7 Å². The number of nitrogens with zero attached hydrogens (tertiary/aromatic N) is 6. The number of halogens is 1. The molecule has 5 aromatic rings. The van der Waals surface area contributed by atoms with Crippen molar-refractivity contribution >= 4 is 21.8 Å². The Morgan fingerprint density at radius 1 is 1.07 bits per heavy atom. The maximum Gasteiger partial charge on any atom is 0.294 e. The largest absolute Gasteiger partial charge is 0.310 e. The highest BCUT2D eigenvalue weighted by Gasteiger charge is 2.26. The minimum absolute atomic E-state index is 0.0603. The van der Waals surface area contributed by atoms with Crippen LogP contribution in [0, 0.1) is 19.7 Å². The lowest BCUT2D eigenvalue weighted by atomic mass is 10.1. The first-order valence-electron chi connectivity index (χ1n) is 14.0. The van der Waals surface area contributed by atoms with Gasteiger partial charge in [0.05, 0.1) is 28.2 Å². The first-order chi connectivity index (χ1) is 20.9. The van der Waals surface area contributed by atoms with Gasteiger partial charge in [-0.15, -0.1) is 10.2 Å². The summed E-state index contributed by atoms with van der Waals surface area (Å²) in [6.07, 6.45) is 7.60. The Labute approximate surface area is 254 Å². The second-order valence-electron chi connectivity index (χ2n) is 10.9. The predicted molar refractivity (Wildman–Crippen MR) is 163 cm³/mol. The van der Waals surface area contributed by atoms with Crippen LogP contribution in [0.5, 0.6) is 0 Å². The van der Waals surface area contributed by atoms with Gasteiger partial charge < -0.3 is 14.5 Å². The molecule has 11 nitrogen and oxygen atoms in total. The van der Waals surface area contributed by atoms with Crippen LogP contribution < -0.4 is 5.32 Å². The van der Waals surface area contributed by atoms with E-state index in [1.807, 2.05) is 43.0 Å². The van der Waals surface area contributed by atoms with E-state index in [4.69, 9.17) is 4.55 Å². The summed E-state index contributed by atoms with van der Waals surface area (Å²) < 4.78 is 48.0. The molecule has 2 aromatic carbocycles. The molecule has 0 spiro atoms. The fraction of sp³-hybridized carbons (Fsp3) is 0.258. The molecule has 228 valence electrons. The van der Waals surface area contributed by atoms with Crippen molar-refractivity contribution in [3.05, 3.63) is 102 Å². The number of carbonyl (C=O) groups is 1. The van der Waals surface area contributed by atoms with Gasteiger partial charge in [-0.2, -0.15) is 8.42 Å².